The van der Waals surface area contributed by atoms with Gasteiger partial charge in [-0.15, -0.1) is 0 Å². The van der Waals surface area contributed by atoms with E-state index in [0.29, 0.717) is 0 Å². The zero-order valence-corrected chi connectivity index (χ0v) is 14.1. The summed E-state index contributed by atoms with van der Waals surface area (Å²) in [6.07, 6.45) is 8.65. The molecule has 2 nitrogen and oxygen atoms in total. The first-order valence-electron chi connectivity index (χ1n) is 8.44. The van der Waals surface area contributed by atoms with Crippen LogP contribution < -0.4 is 4.90 Å². The van der Waals surface area contributed by atoms with Gasteiger partial charge < -0.3 is 4.90 Å². The molecule has 0 spiro atoms. The van der Waals surface area contributed by atoms with E-state index >= 15 is 0 Å². The molecule has 1 aliphatic rings. The SMILES string of the molecule is Cc1cccc(C#N)c1N1CCC(=CC=Cc2ccccc2)CC1. The van der Waals surface area contributed by atoms with E-state index in [1.165, 1.54) is 16.7 Å². The second-order valence-electron chi connectivity index (χ2n) is 6.16. The average Bonchev–Trinajstić information content (AvgIpc) is 2.63. The normalized spacial score (nSPS) is 14.7. The third-order valence-electron chi connectivity index (χ3n) is 4.50. The van der Waals surface area contributed by atoms with E-state index in [1.54, 1.807) is 0 Å². The van der Waals surface area contributed by atoms with Gasteiger partial charge in [-0.3, -0.25) is 0 Å². The fourth-order valence-corrected chi connectivity index (χ4v) is 3.21. The lowest BCUT2D eigenvalue weighted by Crippen LogP contribution is -2.31. The van der Waals surface area contributed by atoms with Crippen LogP contribution in [0.5, 0.6) is 0 Å². The minimum atomic E-state index is 0.784. The number of aryl methyl sites for hydroxylation is 1. The summed E-state index contributed by atoms with van der Waals surface area (Å²) in [4.78, 5) is 2.35. The van der Waals surface area contributed by atoms with Crippen LogP contribution in [0.1, 0.15) is 29.5 Å². The van der Waals surface area contributed by atoms with Crippen LogP contribution in [-0.4, -0.2) is 13.1 Å². The molecule has 1 fully saturated rings. The van der Waals surface area contributed by atoms with Crippen molar-refractivity contribution in [1.29, 1.82) is 5.26 Å². The highest BCUT2D eigenvalue weighted by Gasteiger charge is 2.18. The van der Waals surface area contributed by atoms with Gasteiger partial charge in [0.15, 0.2) is 0 Å². The molecular formula is C22H22N2. The molecule has 2 aromatic rings. The summed E-state index contributed by atoms with van der Waals surface area (Å²) in [6.45, 7) is 4.04. The number of allylic oxidation sites excluding steroid dienone is 2. The number of piperidine rings is 1. The maximum absolute atomic E-state index is 9.35. The van der Waals surface area contributed by atoms with E-state index < -0.39 is 0 Å². The predicted octanol–water partition coefficient (Wildman–Crippen LogP) is 5.11. The molecule has 1 heterocycles. The monoisotopic (exact) mass is 314 g/mol. The molecule has 1 saturated heterocycles. The van der Waals surface area contributed by atoms with Crippen LogP contribution in [0.2, 0.25) is 0 Å². The molecule has 120 valence electrons. The molecule has 2 heteroatoms. The minimum absolute atomic E-state index is 0.784. The smallest absolute Gasteiger partial charge is 0.101 e. The van der Waals surface area contributed by atoms with E-state index in [2.05, 4.69) is 66.5 Å². The van der Waals surface area contributed by atoms with Gasteiger partial charge in [0.05, 0.1) is 11.3 Å². The number of anilines is 1. The van der Waals surface area contributed by atoms with Crippen molar-refractivity contribution >= 4 is 11.8 Å². The van der Waals surface area contributed by atoms with Crippen molar-refractivity contribution in [2.24, 2.45) is 0 Å². The largest absolute Gasteiger partial charge is 0.370 e. The van der Waals surface area contributed by atoms with Crippen LogP contribution in [0.15, 0.2) is 66.3 Å². The van der Waals surface area contributed by atoms with E-state index in [1.807, 2.05) is 18.2 Å². The summed E-state index contributed by atoms with van der Waals surface area (Å²) in [6, 6.07) is 18.7. The van der Waals surface area contributed by atoms with Gasteiger partial charge in [0.1, 0.15) is 6.07 Å². The molecule has 0 unspecified atom stereocenters. The molecule has 2 aromatic carbocycles. The highest BCUT2D eigenvalue weighted by Crippen LogP contribution is 2.29. The summed E-state index contributed by atoms with van der Waals surface area (Å²) in [5.74, 6) is 0. The standard InChI is InChI=1S/C22H22N2/c1-18-7-5-12-21(17-23)22(18)24-15-13-20(14-16-24)11-6-10-19-8-3-2-4-9-19/h2-12H,13-16H2,1H3. The third-order valence-corrected chi connectivity index (χ3v) is 4.50. The average molecular weight is 314 g/mol. The Kier molecular flexibility index (Phi) is 5.13. The molecule has 0 N–H and O–H groups in total. The Morgan fingerprint density at radius 3 is 2.46 bits per heavy atom. The van der Waals surface area contributed by atoms with Gasteiger partial charge in [0.2, 0.25) is 0 Å². The summed E-state index contributed by atoms with van der Waals surface area (Å²) < 4.78 is 0. The number of nitriles is 1. The molecule has 0 aliphatic carbocycles. The molecule has 0 radical (unpaired) electrons. The van der Waals surface area contributed by atoms with Crippen molar-refractivity contribution in [3.05, 3.63) is 82.9 Å². The third kappa shape index (κ3) is 3.75. The second kappa shape index (κ2) is 7.66. The van der Waals surface area contributed by atoms with Crippen molar-refractivity contribution in [3.63, 3.8) is 0 Å². The first-order valence-corrected chi connectivity index (χ1v) is 8.44. The van der Waals surface area contributed by atoms with Gasteiger partial charge in [-0.1, -0.05) is 66.3 Å². The van der Waals surface area contributed by atoms with Crippen LogP contribution in [0.3, 0.4) is 0 Å². The van der Waals surface area contributed by atoms with Crippen molar-refractivity contribution in [2.75, 3.05) is 18.0 Å². The molecule has 1 aliphatic heterocycles. The minimum Gasteiger partial charge on any atom is -0.370 e. The van der Waals surface area contributed by atoms with Crippen LogP contribution >= 0.6 is 0 Å². The lowest BCUT2D eigenvalue weighted by molar-refractivity contribution is 0.683. The Bertz CT molecular complexity index is 784. The van der Waals surface area contributed by atoms with E-state index in [9.17, 15) is 5.26 Å². The van der Waals surface area contributed by atoms with Crippen molar-refractivity contribution in [1.82, 2.24) is 0 Å². The number of benzene rings is 2. The lowest BCUT2D eigenvalue weighted by Gasteiger charge is -2.32. The van der Waals surface area contributed by atoms with Gasteiger partial charge in [0.25, 0.3) is 0 Å². The lowest BCUT2D eigenvalue weighted by atomic mass is 10.00. The maximum Gasteiger partial charge on any atom is 0.101 e. The Morgan fingerprint density at radius 2 is 1.75 bits per heavy atom. The summed E-state index contributed by atoms with van der Waals surface area (Å²) in [5.41, 5.74) is 5.78. The highest BCUT2D eigenvalue weighted by molar-refractivity contribution is 5.64. The Labute approximate surface area is 144 Å². The molecule has 24 heavy (non-hydrogen) atoms. The van der Waals surface area contributed by atoms with Gasteiger partial charge in [0, 0.05) is 13.1 Å². The number of para-hydroxylation sites is 1. The Balaban J connectivity index is 1.65. The van der Waals surface area contributed by atoms with Crippen LogP contribution in [0, 0.1) is 18.3 Å². The second-order valence-corrected chi connectivity index (χ2v) is 6.16. The number of hydrogen-bond donors (Lipinski definition) is 0. The molecular weight excluding hydrogens is 292 g/mol. The first kappa shape index (κ1) is 16.1. The summed E-state index contributed by atoms with van der Waals surface area (Å²) >= 11 is 0. The van der Waals surface area contributed by atoms with Crippen molar-refractivity contribution < 1.29 is 0 Å². The zero-order valence-electron chi connectivity index (χ0n) is 14.1. The quantitative estimate of drug-likeness (QED) is 0.787. The topological polar surface area (TPSA) is 27.0 Å². The first-order chi connectivity index (χ1) is 11.8. The Hall–Kier alpha value is -2.79. The van der Waals surface area contributed by atoms with Gasteiger partial charge in [-0.2, -0.15) is 5.26 Å². The van der Waals surface area contributed by atoms with Crippen LogP contribution in [0.25, 0.3) is 6.08 Å². The molecule has 3 rings (SSSR count). The fraction of sp³-hybridized carbons (Fsp3) is 0.227. The molecule has 0 aromatic heterocycles. The molecule has 0 atom stereocenters. The fourth-order valence-electron chi connectivity index (χ4n) is 3.21. The summed E-state index contributed by atoms with van der Waals surface area (Å²) in [5, 5.41) is 9.35. The number of nitrogens with zero attached hydrogens (tertiary/aromatic N) is 2. The van der Waals surface area contributed by atoms with Gasteiger partial charge >= 0.3 is 0 Å². The van der Waals surface area contributed by atoms with Gasteiger partial charge in [-0.25, -0.2) is 0 Å². The maximum atomic E-state index is 9.35. The van der Waals surface area contributed by atoms with E-state index in [-0.39, 0.29) is 0 Å². The van der Waals surface area contributed by atoms with Gasteiger partial charge in [-0.05, 0) is 37.0 Å². The highest BCUT2D eigenvalue weighted by atomic mass is 15.1. The number of hydrogen-bond acceptors (Lipinski definition) is 2. The summed E-state index contributed by atoms with van der Waals surface area (Å²) in [7, 11) is 0. The van der Waals surface area contributed by atoms with E-state index in [0.717, 1.165) is 37.2 Å². The van der Waals surface area contributed by atoms with Crippen molar-refractivity contribution in [2.45, 2.75) is 19.8 Å². The molecule has 0 amide bonds. The Morgan fingerprint density at radius 1 is 1.00 bits per heavy atom. The zero-order chi connectivity index (χ0) is 16.8. The number of rotatable bonds is 3. The van der Waals surface area contributed by atoms with Crippen LogP contribution in [-0.2, 0) is 0 Å². The van der Waals surface area contributed by atoms with Crippen LogP contribution in [0.4, 0.5) is 5.69 Å². The van der Waals surface area contributed by atoms with Crippen molar-refractivity contribution in [3.8, 4) is 6.07 Å². The molecule has 0 saturated carbocycles. The molecule has 0 bridgehead atoms. The van der Waals surface area contributed by atoms with E-state index in [4.69, 9.17) is 0 Å². The predicted molar refractivity (Wildman–Crippen MR) is 101 cm³/mol.